The third-order valence-electron chi connectivity index (χ3n) is 6.10. The zero-order valence-corrected chi connectivity index (χ0v) is 22.9. The van der Waals surface area contributed by atoms with Crippen LogP contribution in [0.2, 0.25) is 5.02 Å². The number of ether oxygens (including phenoxy) is 1. The van der Waals surface area contributed by atoms with Crippen molar-refractivity contribution in [2.45, 2.75) is 12.5 Å². The summed E-state index contributed by atoms with van der Waals surface area (Å²) in [5, 5.41) is 4.66. The average molecular weight is 590 g/mol. The highest BCUT2D eigenvalue weighted by molar-refractivity contribution is 7.92. The normalized spacial score (nSPS) is 12.7. The Labute approximate surface area is 231 Å². The minimum atomic E-state index is -3.72. The van der Waals surface area contributed by atoms with Gasteiger partial charge < -0.3 is 10.5 Å². The Balaban J connectivity index is 1.81. The number of hydrogen-bond donors (Lipinski definition) is 2. The van der Waals surface area contributed by atoms with Crippen LogP contribution in [0.5, 0.6) is 5.75 Å². The summed E-state index contributed by atoms with van der Waals surface area (Å²) in [6, 6.07) is 6.52. The summed E-state index contributed by atoms with van der Waals surface area (Å²) in [6.45, 7) is 0. The van der Waals surface area contributed by atoms with E-state index in [9.17, 15) is 22.0 Å². The van der Waals surface area contributed by atoms with Gasteiger partial charge in [-0.2, -0.15) is 5.10 Å². The molecule has 0 spiro atoms. The van der Waals surface area contributed by atoms with Crippen molar-refractivity contribution < 1.29 is 21.9 Å². The first kappa shape index (κ1) is 27.4. The number of sulfonamides is 1. The van der Waals surface area contributed by atoms with E-state index in [-0.39, 0.29) is 50.8 Å². The lowest BCUT2D eigenvalue weighted by atomic mass is 10.0. The second-order valence-electron chi connectivity index (χ2n) is 9.08. The number of nitrogens with one attached hydrogen (secondary N) is 1. The van der Waals surface area contributed by atoms with Crippen LogP contribution in [0.1, 0.15) is 17.4 Å². The van der Waals surface area contributed by atoms with Crippen LogP contribution in [0.15, 0.2) is 47.4 Å². The van der Waals surface area contributed by atoms with Crippen molar-refractivity contribution in [2.24, 2.45) is 12.8 Å². The van der Waals surface area contributed by atoms with E-state index in [1.807, 2.05) is 0 Å². The Bertz CT molecular complexity index is 1960. The predicted molar refractivity (Wildman–Crippen MR) is 146 cm³/mol. The molecule has 15 heteroatoms. The molecular formula is C25H22ClF2N7O4S. The van der Waals surface area contributed by atoms with Gasteiger partial charge in [-0.25, -0.2) is 27.2 Å². The van der Waals surface area contributed by atoms with Gasteiger partial charge in [0.25, 0.3) is 5.56 Å². The number of pyridine rings is 1. The molecule has 0 saturated heterocycles. The number of aryl methyl sites for hydroxylation is 1. The van der Waals surface area contributed by atoms with Crippen LogP contribution in [0.4, 0.5) is 14.6 Å². The summed E-state index contributed by atoms with van der Waals surface area (Å²) in [7, 11) is -0.741. The summed E-state index contributed by atoms with van der Waals surface area (Å²) in [5.74, 6) is -1.21. The van der Waals surface area contributed by atoms with Crippen LogP contribution < -0.4 is 20.8 Å². The van der Waals surface area contributed by atoms with Gasteiger partial charge >= 0.3 is 0 Å². The van der Waals surface area contributed by atoms with Crippen LogP contribution in [0, 0.1) is 11.6 Å². The van der Waals surface area contributed by atoms with Gasteiger partial charge in [-0.05, 0) is 36.2 Å². The van der Waals surface area contributed by atoms with Crippen LogP contribution in [0.25, 0.3) is 27.6 Å². The van der Waals surface area contributed by atoms with Gasteiger partial charge in [0.2, 0.25) is 10.0 Å². The number of halogens is 3. The minimum Gasteiger partial charge on any atom is -0.495 e. The maximum atomic E-state index is 14.0. The Morgan fingerprint density at radius 2 is 1.88 bits per heavy atom. The number of rotatable bonds is 7. The van der Waals surface area contributed by atoms with Gasteiger partial charge in [0.1, 0.15) is 28.7 Å². The first-order chi connectivity index (χ1) is 18.9. The van der Waals surface area contributed by atoms with Crippen molar-refractivity contribution in [1.29, 1.82) is 0 Å². The molecule has 0 aliphatic rings. The molecule has 0 bridgehead atoms. The van der Waals surface area contributed by atoms with Crippen molar-refractivity contribution >= 4 is 49.4 Å². The van der Waals surface area contributed by atoms with Crippen molar-refractivity contribution in [1.82, 2.24) is 24.3 Å². The van der Waals surface area contributed by atoms with Crippen molar-refractivity contribution in [3.63, 3.8) is 0 Å². The fourth-order valence-electron chi connectivity index (χ4n) is 4.52. The first-order valence-electron chi connectivity index (χ1n) is 11.7. The molecule has 0 radical (unpaired) electrons. The molecule has 5 aromatic rings. The van der Waals surface area contributed by atoms with Gasteiger partial charge in [-0.3, -0.25) is 18.8 Å². The second-order valence-corrected chi connectivity index (χ2v) is 11.2. The number of aromatic nitrogens is 5. The van der Waals surface area contributed by atoms with Crippen LogP contribution >= 0.6 is 11.6 Å². The lowest BCUT2D eigenvalue weighted by Gasteiger charge is -2.20. The highest BCUT2D eigenvalue weighted by Crippen LogP contribution is 2.35. The number of fused-ring (bicyclic) bond motifs is 2. The molecule has 0 amide bonds. The van der Waals surface area contributed by atoms with Gasteiger partial charge in [0.15, 0.2) is 11.3 Å². The molecule has 0 fully saturated rings. The quantitative estimate of drug-likeness (QED) is 0.294. The molecule has 2 aromatic carbocycles. The highest BCUT2D eigenvalue weighted by atomic mass is 35.5. The largest absolute Gasteiger partial charge is 0.495 e. The van der Waals surface area contributed by atoms with E-state index in [1.54, 1.807) is 7.05 Å². The molecule has 11 nitrogen and oxygen atoms in total. The third kappa shape index (κ3) is 5.08. The Morgan fingerprint density at radius 1 is 1.18 bits per heavy atom. The van der Waals surface area contributed by atoms with E-state index in [4.69, 9.17) is 22.1 Å². The lowest BCUT2D eigenvalue weighted by Crippen LogP contribution is -2.30. The monoisotopic (exact) mass is 589 g/mol. The van der Waals surface area contributed by atoms with Crippen LogP contribution in [0.3, 0.4) is 0 Å². The van der Waals surface area contributed by atoms with Gasteiger partial charge in [0, 0.05) is 19.2 Å². The summed E-state index contributed by atoms with van der Waals surface area (Å²) < 4.78 is 61.9. The molecule has 208 valence electrons. The van der Waals surface area contributed by atoms with E-state index >= 15 is 0 Å². The fourth-order valence-corrected chi connectivity index (χ4v) is 5.26. The molecule has 0 aliphatic carbocycles. The number of hydrogen-bond acceptors (Lipinski definition) is 8. The summed E-state index contributed by atoms with van der Waals surface area (Å²) >= 11 is 6.46. The number of benzene rings is 2. The van der Waals surface area contributed by atoms with Crippen LogP contribution in [-0.2, 0) is 23.5 Å². The van der Waals surface area contributed by atoms with E-state index < -0.39 is 33.3 Å². The summed E-state index contributed by atoms with van der Waals surface area (Å²) in [4.78, 5) is 22.8. The number of methoxy groups -OCH3 is 1. The van der Waals surface area contributed by atoms with E-state index in [2.05, 4.69) is 19.8 Å². The third-order valence-corrected chi connectivity index (χ3v) is 6.98. The zero-order chi connectivity index (χ0) is 28.9. The van der Waals surface area contributed by atoms with Crippen molar-refractivity contribution in [3.05, 3.63) is 81.0 Å². The van der Waals surface area contributed by atoms with E-state index in [0.717, 1.165) is 24.5 Å². The molecule has 5 rings (SSSR count). The van der Waals surface area contributed by atoms with Crippen molar-refractivity contribution in [2.75, 3.05) is 18.1 Å². The number of nitrogens with zero attached hydrogens (tertiary/aromatic N) is 5. The Kier molecular flexibility index (Phi) is 6.94. The van der Waals surface area contributed by atoms with Gasteiger partial charge in [0.05, 0.1) is 47.2 Å². The standard InChI is InChI=1S/C25H22ClF2N7O4S/c1-34-22-19(5-4-16(26)20(22)23(32-34)33-40(3,37)38)35-24(17(29)8-12-6-13(27)9-14(28)7-12)31-18-10-15(39-2)11-30-21(18)25(35)36/h4-7,9-11,17H,8,29H2,1-3H3,(H,32,33)/t17-/m0/s1. The molecule has 0 saturated carbocycles. The Hall–Kier alpha value is -4.14. The molecule has 40 heavy (non-hydrogen) atoms. The maximum Gasteiger partial charge on any atom is 0.284 e. The molecule has 3 aromatic heterocycles. The molecular weight excluding hydrogens is 568 g/mol. The molecule has 3 heterocycles. The van der Waals surface area contributed by atoms with E-state index in [0.29, 0.717) is 11.3 Å². The second kappa shape index (κ2) is 10.1. The smallest absolute Gasteiger partial charge is 0.284 e. The molecule has 0 aliphatic heterocycles. The topological polar surface area (TPSA) is 147 Å². The highest BCUT2D eigenvalue weighted by Gasteiger charge is 2.25. The minimum absolute atomic E-state index is 0.00620. The predicted octanol–water partition coefficient (Wildman–Crippen LogP) is 3.22. The number of anilines is 1. The average Bonchev–Trinajstić information content (AvgIpc) is 3.18. The summed E-state index contributed by atoms with van der Waals surface area (Å²) in [5.41, 5.74) is 6.88. The van der Waals surface area contributed by atoms with Crippen LogP contribution in [-0.4, -0.2) is 46.1 Å². The van der Waals surface area contributed by atoms with Gasteiger partial charge in [-0.1, -0.05) is 11.6 Å². The molecule has 3 N–H and O–H groups in total. The number of nitrogens with two attached hydrogens (primary N) is 1. The van der Waals surface area contributed by atoms with Gasteiger partial charge in [-0.15, -0.1) is 0 Å². The Morgan fingerprint density at radius 3 is 2.52 bits per heavy atom. The molecule has 1 atom stereocenters. The SMILES string of the molecule is COc1cnc2c(=O)n(-c3ccc(Cl)c4c(NS(C)(=O)=O)nn(C)c34)c([C@@H](N)Cc3cc(F)cc(F)c3)nc2c1. The maximum absolute atomic E-state index is 14.0. The lowest BCUT2D eigenvalue weighted by molar-refractivity contribution is 0.413. The van der Waals surface area contributed by atoms with Crippen molar-refractivity contribution in [3.8, 4) is 11.4 Å². The fraction of sp³-hybridized carbons (Fsp3) is 0.200. The zero-order valence-electron chi connectivity index (χ0n) is 21.3. The first-order valence-corrected chi connectivity index (χ1v) is 13.9. The summed E-state index contributed by atoms with van der Waals surface area (Å²) in [6.07, 6.45) is 2.25. The molecule has 0 unspecified atom stereocenters. The van der Waals surface area contributed by atoms with E-state index in [1.165, 1.54) is 40.8 Å².